The van der Waals surface area contributed by atoms with Gasteiger partial charge in [-0.3, -0.25) is 9.69 Å². The molecule has 4 nitrogen and oxygen atoms in total. The summed E-state index contributed by atoms with van der Waals surface area (Å²) >= 11 is 0. The lowest BCUT2D eigenvalue weighted by Gasteiger charge is -2.43. The maximum Gasteiger partial charge on any atom is 0.253 e. The molecule has 2 aromatic rings. The molecule has 0 aromatic heterocycles. The summed E-state index contributed by atoms with van der Waals surface area (Å²) in [6.07, 6.45) is 4.03. The summed E-state index contributed by atoms with van der Waals surface area (Å²) in [5, 5.41) is 0. The van der Waals surface area contributed by atoms with Crippen LogP contribution in [0.4, 0.5) is 0 Å². The molecule has 0 radical (unpaired) electrons. The van der Waals surface area contributed by atoms with Crippen molar-refractivity contribution >= 4 is 5.91 Å². The molecule has 4 heteroatoms. The molecule has 2 aromatic carbocycles. The van der Waals surface area contributed by atoms with Crippen molar-refractivity contribution in [3.63, 3.8) is 0 Å². The number of amides is 1. The van der Waals surface area contributed by atoms with Crippen LogP contribution in [0.25, 0.3) is 0 Å². The van der Waals surface area contributed by atoms with E-state index in [9.17, 15) is 4.79 Å². The number of hydrogen-bond acceptors (Lipinski definition) is 3. The van der Waals surface area contributed by atoms with Crippen molar-refractivity contribution in [2.24, 2.45) is 0 Å². The van der Waals surface area contributed by atoms with Gasteiger partial charge in [0, 0.05) is 30.6 Å². The van der Waals surface area contributed by atoms with E-state index in [2.05, 4.69) is 41.8 Å². The Kier molecular flexibility index (Phi) is 7.33. The molecule has 0 N–H and O–H groups in total. The van der Waals surface area contributed by atoms with Crippen molar-refractivity contribution in [2.45, 2.75) is 32.1 Å². The fourth-order valence-corrected chi connectivity index (χ4v) is 4.59. The largest absolute Gasteiger partial charge is 0.497 e. The zero-order chi connectivity index (χ0) is 21.6. The van der Waals surface area contributed by atoms with Crippen molar-refractivity contribution in [1.29, 1.82) is 0 Å². The first-order valence-corrected chi connectivity index (χ1v) is 11.0. The third-order valence-corrected chi connectivity index (χ3v) is 6.45. The lowest BCUT2D eigenvalue weighted by molar-refractivity contribution is 0.0773. The zero-order valence-corrected chi connectivity index (χ0v) is 18.6. The Morgan fingerprint density at radius 3 is 2.33 bits per heavy atom. The molecule has 0 bridgehead atoms. The Morgan fingerprint density at radius 1 is 1.10 bits per heavy atom. The highest BCUT2D eigenvalue weighted by atomic mass is 16.5. The lowest BCUT2D eigenvalue weighted by Crippen LogP contribution is -2.43. The van der Waals surface area contributed by atoms with Gasteiger partial charge in [-0.2, -0.15) is 0 Å². The molecule has 160 valence electrons. The number of carbonyl (C=O) groups is 1. The molecule has 1 saturated heterocycles. The van der Waals surface area contributed by atoms with Crippen LogP contribution in [0, 0.1) is 0 Å². The number of rotatable bonds is 8. The second kappa shape index (κ2) is 9.94. The van der Waals surface area contributed by atoms with Gasteiger partial charge in [0.1, 0.15) is 5.75 Å². The first-order chi connectivity index (χ1) is 14.6. The van der Waals surface area contributed by atoms with Gasteiger partial charge in [-0.15, -0.1) is 6.58 Å². The van der Waals surface area contributed by atoms with Gasteiger partial charge >= 0.3 is 0 Å². The normalized spacial score (nSPS) is 16.1. The van der Waals surface area contributed by atoms with E-state index in [1.807, 2.05) is 43.0 Å². The number of hydrogen-bond donors (Lipinski definition) is 0. The van der Waals surface area contributed by atoms with Crippen LogP contribution in [-0.4, -0.2) is 55.5 Å². The third kappa shape index (κ3) is 4.44. The SMILES string of the molecule is C=CCN1CCC(c2ccc(C(=O)N(CC)CC)cc2)(c2cccc(OC)c2)CC1. The molecule has 30 heavy (non-hydrogen) atoms. The van der Waals surface area contributed by atoms with Crippen molar-refractivity contribution in [3.8, 4) is 5.75 Å². The lowest BCUT2D eigenvalue weighted by atomic mass is 9.68. The Labute approximate surface area is 181 Å². The Morgan fingerprint density at radius 2 is 1.77 bits per heavy atom. The molecule has 1 amide bonds. The second-order valence-electron chi connectivity index (χ2n) is 7.96. The van der Waals surface area contributed by atoms with Crippen molar-refractivity contribution in [3.05, 3.63) is 77.9 Å². The van der Waals surface area contributed by atoms with Crippen LogP contribution < -0.4 is 4.74 Å². The summed E-state index contributed by atoms with van der Waals surface area (Å²) < 4.78 is 5.51. The average molecular weight is 407 g/mol. The Hall–Kier alpha value is -2.59. The van der Waals surface area contributed by atoms with Crippen molar-refractivity contribution in [1.82, 2.24) is 9.80 Å². The Balaban J connectivity index is 1.96. The van der Waals surface area contributed by atoms with Crippen LogP contribution in [0.5, 0.6) is 5.75 Å². The maximum absolute atomic E-state index is 12.7. The van der Waals surface area contributed by atoms with Crippen LogP contribution in [0.2, 0.25) is 0 Å². The van der Waals surface area contributed by atoms with Gasteiger partial charge in [0.05, 0.1) is 7.11 Å². The smallest absolute Gasteiger partial charge is 0.253 e. The van der Waals surface area contributed by atoms with Gasteiger partial charge in [0.15, 0.2) is 0 Å². The Bertz CT molecular complexity index is 848. The second-order valence-corrected chi connectivity index (χ2v) is 7.96. The third-order valence-electron chi connectivity index (χ3n) is 6.45. The number of nitrogens with zero attached hydrogens (tertiary/aromatic N) is 2. The van der Waals surface area contributed by atoms with Gasteiger partial charge in [-0.05, 0) is 75.2 Å². The molecule has 0 spiro atoms. The number of piperidine rings is 1. The predicted octanol–water partition coefficient (Wildman–Crippen LogP) is 4.75. The quantitative estimate of drug-likeness (QED) is 0.594. The van der Waals surface area contributed by atoms with Gasteiger partial charge in [-0.25, -0.2) is 0 Å². The maximum atomic E-state index is 12.7. The fourth-order valence-electron chi connectivity index (χ4n) is 4.59. The molecular formula is C26H34N2O2. The summed E-state index contributed by atoms with van der Waals surface area (Å²) in [6.45, 7) is 12.3. The van der Waals surface area contributed by atoms with E-state index >= 15 is 0 Å². The number of methoxy groups -OCH3 is 1. The van der Waals surface area contributed by atoms with Crippen LogP contribution in [0.1, 0.15) is 48.2 Å². The van der Waals surface area contributed by atoms with E-state index in [1.54, 1.807) is 7.11 Å². The summed E-state index contributed by atoms with van der Waals surface area (Å²) in [5.74, 6) is 0.983. The van der Waals surface area contributed by atoms with Gasteiger partial charge in [-0.1, -0.05) is 30.3 Å². The van der Waals surface area contributed by atoms with E-state index in [-0.39, 0.29) is 11.3 Å². The molecule has 0 atom stereocenters. The van der Waals surface area contributed by atoms with E-state index in [0.717, 1.165) is 56.9 Å². The molecule has 0 saturated carbocycles. The van der Waals surface area contributed by atoms with Gasteiger partial charge in [0.25, 0.3) is 5.91 Å². The van der Waals surface area contributed by atoms with E-state index in [0.29, 0.717) is 0 Å². The van der Waals surface area contributed by atoms with Crippen LogP contribution >= 0.6 is 0 Å². The van der Waals surface area contributed by atoms with E-state index < -0.39 is 0 Å². The minimum absolute atomic E-state index is 0.0804. The summed E-state index contributed by atoms with van der Waals surface area (Å²) in [6, 6.07) is 16.7. The first-order valence-electron chi connectivity index (χ1n) is 11.0. The van der Waals surface area contributed by atoms with Crippen LogP contribution in [0.15, 0.2) is 61.2 Å². The monoisotopic (exact) mass is 406 g/mol. The molecule has 0 aliphatic carbocycles. The van der Waals surface area contributed by atoms with Gasteiger partial charge < -0.3 is 9.64 Å². The predicted molar refractivity (Wildman–Crippen MR) is 123 cm³/mol. The number of likely N-dealkylation sites (tertiary alicyclic amines) is 1. The van der Waals surface area contributed by atoms with Crippen LogP contribution in [0.3, 0.4) is 0 Å². The molecule has 1 heterocycles. The van der Waals surface area contributed by atoms with Gasteiger partial charge in [0.2, 0.25) is 0 Å². The highest BCUT2D eigenvalue weighted by molar-refractivity contribution is 5.94. The molecule has 1 fully saturated rings. The highest BCUT2D eigenvalue weighted by Crippen LogP contribution is 2.42. The van der Waals surface area contributed by atoms with E-state index in [1.165, 1.54) is 11.1 Å². The molecule has 1 aliphatic rings. The van der Waals surface area contributed by atoms with Crippen LogP contribution in [-0.2, 0) is 5.41 Å². The number of benzene rings is 2. The highest BCUT2D eigenvalue weighted by Gasteiger charge is 2.38. The minimum Gasteiger partial charge on any atom is -0.497 e. The summed E-state index contributed by atoms with van der Waals surface area (Å²) in [7, 11) is 1.71. The summed E-state index contributed by atoms with van der Waals surface area (Å²) in [5.41, 5.74) is 3.23. The fraction of sp³-hybridized carbons (Fsp3) is 0.423. The first kappa shape index (κ1) is 22.1. The zero-order valence-electron chi connectivity index (χ0n) is 18.6. The van der Waals surface area contributed by atoms with E-state index in [4.69, 9.17) is 4.74 Å². The summed E-state index contributed by atoms with van der Waals surface area (Å²) in [4.78, 5) is 17.0. The molecule has 1 aliphatic heterocycles. The molecule has 3 rings (SSSR count). The minimum atomic E-state index is -0.0804. The molecular weight excluding hydrogens is 372 g/mol. The number of ether oxygens (including phenoxy) is 1. The van der Waals surface area contributed by atoms with Crippen molar-refractivity contribution < 1.29 is 9.53 Å². The molecule has 0 unspecified atom stereocenters. The standard InChI is InChI=1S/C26H34N2O2/c1-5-17-27-18-15-26(16-19-27,23-9-8-10-24(20-23)30-4)22-13-11-21(12-14-22)25(29)28(6-2)7-3/h5,8-14,20H,1,6-7,15-19H2,2-4H3. The number of carbonyl (C=O) groups excluding carboxylic acids is 1. The van der Waals surface area contributed by atoms with Crippen molar-refractivity contribution in [2.75, 3.05) is 39.8 Å². The topological polar surface area (TPSA) is 32.8 Å². The average Bonchev–Trinajstić information content (AvgIpc) is 2.81.